The van der Waals surface area contributed by atoms with Gasteiger partial charge in [-0.05, 0) is 37.3 Å². The molecule has 2 aromatic carbocycles. The predicted octanol–water partition coefficient (Wildman–Crippen LogP) is 2.70. The van der Waals surface area contributed by atoms with Crippen molar-refractivity contribution in [3.8, 4) is 22.9 Å². The Hall–Kier alpha value is -3.40. The van der Waals surface area contributed by atoms with Crippen molar-refractivity contribution in [2.75, 3.05) is 19.5 Å². The number of benzene rings is 2. The number of sulfone groups is 1. The van der Waals surface area contributed by atoms with Crippen LogP contribution >= 0.6 is 0 Å². The van der Waals surface area contributed by atoms with Crippen LogP contribution in [-0.4, -0.2) is 43.9 Å². The van der Waals surface area contributed by atoms with E-state index in [9.17, 15) is 13.2 Å². The number of amides is 1. The molecule has 0 spiro atoms. The van der Waals surface area contributed by atoms with Crippen molar-refractivity contribution in [3.63, 3.8) is 0 Å². The van der Waals surface area contributed by atoms with Gasteiger partial charge in [-0.1, -0.05) is 23.4 Å². The van der Waals surface area contributed by atoms with Crippen LogP contribution in [0.3, 0.4) is 0 Å². The zero-order valence-electron chi connectivity index (χ0n) is 16.7. The lowest BCUT2D eigenvalue weighted by atomic mass is 10.2. The van der Waals surface area contributed by atoms with Gasteiger partial charge < -0.3 is 19.3 Å². The van der Waals surface area contributed by atoms with Gasteiger partial charge in [0.15, 0.2) is 21.3 Å². The van der Waals surface area contributed by atoms with Gasteiger partial charge in [0.05, 0.1) is 14.2 Å². The number of anilines is 1. The van der Waals surface area contributed by atoms with Crippen molar-refractivity contribution in [1.29, 1.82) is 0 Å². The van der Waals surface area contributed by atoms with Gasteiger partial charge in [-0.2, -0.15) is 4.98 Å². The van der Waals surface area contributed by atoms with Gasteiger partial charge >= 0.3 is 0 Å². The van der Waals surface area contributed by atoms with E-state index in [1.807, 2.05) is 0 Å². The first kappa shape index (κ1) is 21.3. The van der Waals surface area contributed by atoms with E-state index in [2.05, 4.69) is 15.5 Å². The Labute approximate surface area is 173 Å². The third-order valence-corrected chi connectivity index (χ3v) is 6.32. The predicted molar refractivity (Wildman–Crippen MR) is 110 cm³/mol. The fourth-order valence-electron chi connectivity index (χ4n) is 2.63. The van der Waals surface area contributed by atoms with Crippen LogP contribution in [0.1, 0.15) is 12.8 Å². The number of nitrogens with zero attached hydrogens (tertiary/aromatic N) is 2. The number of para-hydroxylation sites is 1. The number of carbonyl (C=O) groups is 1. The molecule has 0 aliphatic rings. The Bertz CT molecular complexity index is 1130. The molecule has 0 aliphatic heterocycles. The molecule has 158 valence electrons. The molecule has 1 amide bonds. The molecule has 10 heteroatoms. The van der Waals surface area contributed by atoms with Gasteiger partial charge in [0.25, 0.3) is 0 Å². The molecule has 0 bridgehead atoms. The number of rotatable bonds is 8. The van der Waals surface area contributed by atoms with Crippen LogP contribution in [0, 0.1) is 0 Å². The van der Waals surface area contributed by atoms with E-state index in [0.717, 1.165) is 0 Å². The molecule has 0 saturated heterocycles. The number of hydrogen-bond acceptors (Lipinski definition) is 8. The van der Waals surface area contributed by atoms with Crippen LogP contribution in [0.25, 0.3) is 11.4 Å². The lowest BCUT2D eigenvalue weighted by Crippen LogP contribution is -2.33. The van der Waals surface area contributed by atoms with Crippen LogP contribution in [0.5, 0.6) is 11.5 Å². The molecule has 9 nitrogen and oxygen atoms in total. The van der Waals surface area contributed by atoms with Gasteiger partial charge in [0, 0.05) is 11.3 Å². The third-order valence-electron chi connectivity index (χ3n) is 4.38. The molecule has 1 unspecified atom stereocenters. The second kappa shape index (κ2) is 8.95. The molecule has 1 aromatic heterocycles. The first-order valence-electron chi connectivity index (χ1n) is 8.96. The first-order chi connectivity index (χ1) is 14.3. The Morgan fingerprint density at radius 1 is 1.10 bits per heavy atom. The molecular weight excluding hydrogens is 410 g/mol. The maximum Gasteiger partial charge on any atom is 0.242 e. The molecule has 1 atom stereocenters. The summed E-state index contributed by atoms with van der Waals surface area (Å²) < 4.78 is 40.8. The van der Waals surface area contributed by atoms with Gasteiger partial charge in [-0.25, -0.2) is 8.42 Å². The largest absolute Gasteiger partial charge is 0.493 e. The maximum absolute atomic E-state index is 12.6. The smallest absolute Gasteiger partial charge is 0.242 e. The normalized spacial score (nSPS) is 12.2. The number of hydrogen-bond donors (Lipinski definition) is 1. The molecule has 30 heavy (non-hydrogen) atoms. The highest BCUT2D eigenvalue weighted by Crippen LogP contribution is 2.31. The molecule has 1 N–H and O–H groups in total. The van der Waals surface area contributed by atoms with E-state index in [4.69, 9.17) is 14.0 Å². The SMILES string of the molecule is COc1ccc(-c2noc(CS(=O)(=O)C(C)C(=O)Nc3ccccc3)n2)cc1OC. The van der Waals surface area contributed by atoms with E-state index >= 15 is 0 Å². The van der Waals surface area contributed by atoms with Crippen molar-refractivity contribution in [2.24, 2.45) is 0 Å². The Morgan fingerprint density at radius 2 is 1.80 bits per heavy atom. The summed E-state index contributed by atoms with van der Waals surface area (Å²) in [6.07, 6.45) is 0. The van der Waals surface area contributed by atoms with E-state index in [0.29, 0.717) is 22.7 Å². The summed E-state index contributed by atoms with van der Waals surface area (Å²) >= 11 is 0. The topological polar surface area (TPSA) is 121 Å². The molecule has 0 saturated carbocycles. The van der Waals surface area contributed by atoms with E-state index in [1.165, 1.54) is 21.1 Å². The summed E-state index contributed by atoms with van der Waals surface area (Å²) in [5.74, 6) is -0.107. The summed E-state index contributed by atoms with van der Waals surface area (Å²) in [4.78, 5) is 16.5. The fraction of sp³-hybridized carbons (Fsp3) is 0.250. The van der Waals surface area contributed by atoms with Crippen molar-refractivity contribution >= 4 is 21.4 Å². The minimum Gasteiger partial charge on any atom is -0.493 e. The van der Waals surface area contributed by atoms with Crippen LogP contribution in [0.4, 0.5) is 5.69 Å². The molecular formula is C20H21N3O6S. The number of ether oxygens (including phenoxy) is 2. The summed E-state index contributed by atoms with van der Waals surface area (Å²) in [5.41, 5.74) is 1.08. The average Bonchev–Trinajstić information content (AvgIpc) is 3.21. The number of methoxy groups -OCH3 is 2. The van der Waals surface area contributed by atoms with Crippen LogP contribution < -0.4 is 14.8 Å². The van der Waals surface area contributed by atoms with Gasteiger partial charge in [-0.3, -0.25) is 4.79 Å². The second-order valence-electron chi connectivity index (χ2n) is 6.39. The van der Waals surface area contributed by atoms with Crippen molar-refractivity contribution in [3.05, 3.63) is 54.4 Å². The van der Waals surface area contributed by atoms with E-state index in [-0.39, 0.29) is 11.7 Å². The molecule has 3 aromatic rings. The van der Waals surface area contributed by atoms with Crippen LogP contribution in [0.15, 0.2) is 53.1 Å². The zero-order valence-corrected chi connectivity index (χ0v) is 17.5. The summed E-state index contributed by atoms with van der Waals surface area (Å²) in [7, 11) is -0.862. The van der Waals surface area contributed by atoms with Gasteiger partial charge in [-0.15, -0.1) is 0 Å². The second-order valence-corrected chi connectivity index (χ2v) is 8.71. The van der Waals surface area contributed by atoms with Crippen LogP contribution in [0.2, 0.25) is 0 Å². The zero-order chi connectivity index (χ0) is 21.7. The number of carbonyl (C=O) groups excluding carboxylic acids is 1. The van der Waals surface area contributed by atoms with E-state index in [1.54, 1.807) is 48.5 Å². The maximum atomic E-state index is 12.6. The van der Waals surface area contributed by atoms with Gasteiger partial charge in [0.1, 0.15) is 11.0 Å². The molecule has 0 aliphatic carbocycles. The first-order valence-corrected chi connectivity index (χ1v) is 10.7. The molecule has 0 radical (unpaired) electrons. The highest BCUT2D eigenvalue weighted by molar-refractivity contribution is 7.92. The lowest BCUT2D eigenvalue weighted by Gasteiger charge is -2.12. The minimum absolute atomic E-state index is 0.112. The van der Waals surface area contributed by atoms with Crippen molar-refractivity contribution < 1.29 is 27.2 Å². The number of aromatic nitrogens is 2. The van der Waals surface area contributed by atoms with Crippen molar-refractivity contribution in [2.45, 2.75) is 17.9 Å². The molecule has 3 rings (SSSR count). The van der Waals surface area contributed by atoms with E-state index < -0.39 is 26.7 Å². The minimum atomic E-state index is -3.88. The standard InChI is InChI=1S/C20H21N3O6S/c1-13(20(24)21-15-7-5-4-6-8-15)30(25,26)12-18-22-19(23-29-18)14-9-10-16(27-2)17(11-14)28-3/h4-11,13H,12H2,1-3H3,(H,21,24). The average molecular weight is 431 g/mol. The highest BCUT2D eigenvalue weighted by Gasteiger charge is 2.30. The lowest BCUT2D eigenvalue weighted by molar-refractivity contribution is -0.115. The summed E-state index contributed by atoms with van der Waals surface area (Å²) in [6.45, 7) is 1.32. The van der Waals surface area contributed by atoms with Crippen LogP contribution in [-0.2, 0) is 20.4 Å². The Morgan fingerprint density at radius 3 is 2.47 bits per heavy atom. The highest BCUT2D eigenvalue weighted by atomic mass is 32.2. The number of nitrogens with one attached hydrogen (secondary N) is 1. The molecule has 1 heterocycles. The quantitative estimate of drug-likeness (QED) is 0.578. The Kier molecular flexibility index (Phi) is 6.36. The van der Waals surface area contributed by atoms with Gasteiger partial charge in [0.2, 0.25) is 17.6 Å². The fourth-order valence-corrected chi connectivity index (χ4v) is 3.73. The summed E-state index contributed by atoms with van der Waals surface area (Å²) in [5, 5.41) is 5.11. The monoisotopic (exact) mass is 431 g/mol. The summed E-state index contributed by atoms with van der Waals surface area (Å²) in [6, 6.07) is 13.6. The third kappa shape index (κ3) is 4.77. The van der Waals surface area contributed by atoms with Crippen molar-refractivity contribution in [1.82, 2.24) is 10.1 Å². The molecule has 0 fully saturated rings. The Balaban J connectivity index is 1.73.